The van der Waals surface area contributed by atoms with Gasteiger partial charge >= 0.3 is 0 Å². The molecule has 8 nitrogen and oxygen atoms in total. The monoisotopic (exact) mass is 477 g/mol. The first-order valence-electron chi connectivity index (χ1n) is 10.9. The molecule has 0 saturated carbocycles. The van der Waals surface area contributed by atoms with Gasteiger partial charge in [0.1, 0.15) is 28.3 Å². The summed E-state index contributed by atoms with van der Waals surface area (Å²) in [6.07, 6.45) is 4.99. The molecule has 2 aromatic carbocycles. The van der Waals surface area contributed by atoms with Gasteiger partial charge in [-0.15, -0.1) is 0 Å². The van der Waals surface area contributed by atoms with E-state index in [1.54, 1.807) is 44.5 Å². The number of pyridine rings is 1. The molecular weight excluding hydrogens is 450 g/mol. The molecule has 0 aliphatic rings. The summed E-state index contributed by atoms with van der Waals surface area (Å²) >= 11 is 0. The van der Waals surface area contributed by atoms with E-state index in [1.807, 2.05) is 60.3 Å². The van der Waals surface area contributed by atoms with Crippen molar-refractivity contribution >= 4 is 21.5 Å². The fraction of sp³-hybridized carbons (Fsp3) is 0.200. The molecule has 0 amide bonds. The van der Waals surface area contributed by atoms with Crippen molar-refractivity contribution in [3.63, 3.8) is 0 Å². The lowest BCUT2D eigenvalue weighted by Gasteiger charge is -2.23. The van der Waals surface area contributed by atoms with Gasteiger partial charge in [-0.25, -0.2) is 18.4 Å². The highest BCUT2D eigenvalue weighted by molar-refractivity contribution is 7.92. The van der Waals surface area contributed by atoms with E-state index in [2.05, 4.69) is 15.3 Å². The zero-order chi connectivity index (χ0) is 24.1. The number of aryl methyl sites for hydroxylation is 1. The third-order valence-electron chi connectivity index (χ3n) is 5.51. The molecule has 2 heterocycles. The molecule has 4 rings (SSSR count). The summed E-state index contributed by atoms with van der Waals surface area (Å²) in [7, 11) is -0.198. The topological polar surface area (TPSA) is 89.4 Å². The number of imidazole rings is 1. The minimum atomic E-state index is -3.75. The smallest absolute Gasteiger partial charge is 0.265 e. The standard InChI is InChI=1S/C25H27N5O3S/c1-4-30(20-8-6-5-7-9-20)34(31,32)22-14-15-23(27-18-22)28-24(25-26-16-17-29(25)2)19-10-12-21(33-3)13-11-19/h5-18,24H,4H2,1-3H3,(H,27,28). The molecule has 0 bridgehead atoms. The van der Waals surface area contributed by atoms with Gasteiger partial charge in [-0.2, -0.15) is 0 Å². The number of benzene rings is 2. The van der Waals surface area contributed by atoms with Crippen LogP contribution in [0.5, 0.6) is 5.75 Å². The predicted molar refractivity (Wildman–Crippen MR) is 133 cm³/mol. The van der Waals surface area contributed by atoms with Crippen LogP contribution in [0.1, 0.15) is 24.4 Å². The summed E-state index contributed by atoms with van der Waals surface area (Å²) in [6.45, 7) is 2.12. The third-order valence-corrected chi connectivity index (χ3v) is 7.40. The quantitative estimate of drug-likeness (QED) is 0.388. The first kappa shape index (κ1) is 23.3. The second kappa shape index (κ2) is 9.96. The van der Waals surface area contributed by atoms with Gasteiger partial charge < -0.3 is 14.6 Å². The number of nitrogens with one attached hydrogen (secondary N) is 1. The molecule has 176 valence electrons. The summed E-state index contributed by atoms with van der Waals surface area (Å²) < 4.78 is 35.1. The zero-order valence-corrected chi connectivity index (χ0v) is 20.1. The van der Waals surface area contributed by atoms with E-state index in [-0.39, 0.29) is 10.9 Å². The molecule has 0 aliphatic carbocycles. The van der Waals surface area contributed by atoms with Crippen molar-refractivity contribution in [1.29, 1.82) is 0 Å². The van der Waals surface area contributed by atoms with Crippen molar-refractivity contribution in [3.8, 4) is 5.75 Å². The maximum Gasteiger partial charge on any atom is 0.265 e. The first-order chi connectivity index (χ1) is 16.4. The number of hydrogen-bond acceptors (Lipinski definition) is 6. The Balaban J connectivity index is 1.62. The molecule has 9 heteroatoms. The van der Waals surface area contributed by atoms with E-state index >= 15 is 0 Å². The molecule has 4 aromatic rings. The number of rotatable bonds is 9. The van der Waals surface area contributed by atoms with Gasteiger partial charge in [0.05, 0.1) is 12.8 Å². The first-order valence-corrected chi connectivity index (χ1v) is 12.3. The Bertz CT molecular complexity index is 1320. The molecule has 1 unspecified atom stereocenters. The largest absolute Gasteiger partial charge is 0.497 e. The van der Waals surface area contributed by atoms with Crippen LogP contribution in [0.3, 0.4) is 0 Å². The lowest BCUT2D eigenvalue weighted by atomic mass is 10.1. The van der Waals surface area contributed by atoms with Crippen molar-refractivity contribution in [2.45, 2.75) is 17.9 Å². The van der Waals surface area contributed by atoms with Crippen molar-refractivity contribution in [3.05, 3.63) is 96.7 Å². The number of para-hydroxylation sites is 1. The number of aromatic nitrogens is 3. The van der Waals surface area contributed by atoms with Gasteiger partial charge in [0, 0.05) is 32.2 Å². The van der Waals surface area contributed by atoms with Crippen LogP contribution in [0.4, 0.5) is 11.5 Å². The van der Waals surface area contributed by atoms with Crippen LogP contribution in [-0.2, 0) is 17.1 Å². The third kappa shape index (κ3) is 4.74. The number of sulfonamides is 1. The summed E-state index contributed by atoms with van der Waals surface area (Å²) in [4.78, 5) is 9.04. The molecule has 2 aromatic heterocycles. The van der Waals surface area contributed by atoms with E-state index in [9.17, 15) is 8.42 Å². The minimum absolute atomic E-state index is 0.127. The van der Waals surface area contributed by atoms with Crippen molar-refractivity contribution in [2.24, 2.45) is 7.05 Å². The summed E-state index contributed by atoms with van der Waals surface area (Å²) in [5.74, 6) is 2.09. The molecule has 1 atom stereocenters. The Morgan fingerprint density at radius 3 is 2.32 bits per heavy atom. The highest BCUT2D eigenvalue weighted by atomic mass is 32.2. The van der Waals surface area contributed by atoms with Gasteiger partial charge in [0.15, 0.2) is 0 Å². The molecule has 0 aliphatic heterocycles. The summed E-state index contributed by atoms with van der Waals surface area (Å²) in [5.41, 5.74) is 1.58. The Hall–Kier alpha value is -3.85. The SMILES string of the molecule is CCN(c1ccccc1)S(=O)(=O)c1ccc(NC(c2ccc(OC)cc2)c2nccn2C)nc1. The van der Waals surface area contributed by atoms with Crippen LogP contribution in [0.15, 0.2) is 90.2 Å². The average Bonchev–Trinajstić information content (AvgIpc) is 3.29. The van der Waals surface area contributed by atoms with Gasteiger partial charge in [-0.1, -0.05) is 30.3 Å². The number of ether oxygens (including phenoxy) is 1. The molecule has 0 radical (unpaired) electrons. The zero-order valence-electron chi connectivity index (χ0n) is 19.3. The summed E-state index contributed by atoms with van der Waals surface area (Å²) in [6, 6.07) is 19.7. The predicted octanol–water partition coefficient (Wildman–Crippen LogP) is 4.24. The van der Waals surface area contributed by atoms with Crippen molar-refractivity contribution < 1.29 is 13.2 Å². The van der Waals surface area contributed by atoms with Gasteiger partial charge in [-0.3, -0.25) is 4.31 Å². The second-order valence-corrected chi connectivity index (χ2v) is 9.49. The van der Waals surface area contributed by atoms with Crippen LogP contribution < -0.4 is 14.4 Å². The van der Waals surface area contributed by atoms with Crippen molar-refractivity contribution in [2.75, 3.05) is 23.3 Å². The molecule has 34 heavy (non-hydrogen) atoms. The highest BCUT2D eigenvalue weighted by Crippen LogP contribution is 2.28. The van der Waals surface area contributed by atoms with E-state index in [4.69, 9.17) is 4.74 Å². The molecule has 0 fully saturated rings. The van der Waals surface area contributed by atoms with Crippen molar-refractivity contribution in [1.82, 2.24) is 14.5 Å². The molecule has 1 N–H and O–H groups in total. The Kier molecular flexibility index (Phi) is 6.83. The number of anilines is 2. The maximum absolute atomic E-state index is 13.3. The summed E-state index contributed by atoms with van der Waals surface area (Å²) in [5, 5.41) is 3.39. The van der Waals surface area contributed by atoms with Crippen LogP contribution in [0.2, 0.25) is 0 Å². The minimum Gasteiger partial charge on any atom is -0.497 e. The Morgan fingerprint density at radius 2 is 1.76 bits per heavy atom. The van der Waals surface area contributed by atoms with Crippen LogP contribution in [0, 0.1) is 0 Å². The fourth-order valence-electron chi connectivity index (χ4n) is 3.73. The lowest BCUT2D eigenvalue weighted by Crippen LogP contribution is -2.30. The van der Waals surface area contributed by atoms with Crippen LogP contribution in [-0.4, -0.2) is 36.6 Å². The normalized spacial score (nSPS) is 12.2. The number of hydrogen-bond donors (Lipinski definition) is 1. The van der Waals surface area contributed by atoms with Gasteiger partial charge in [0.25, 0.3) is 10.0 Å². The number of methoxy groups -OCH3 is 1. The van der Waals surface area contributed by atoms with E-state index in [1.165, 1.54) is 10.5 Å². The fourth-order valence-corrected chi connectivity index (χ4v) is 5.15. The molecule has 0 saturated heterocycles. The Labute approximate surface area is 199 Å². The highest BCUT2D eigenvalue weighted by Gasteiger charge is 2.24. The van der Waals surface area contributed by atoms with E-state index in [0.717, 1.165) is 17.1 Å². The van der Waals surface area contributed by atoms with Gasteiger partial charge in [-0.05, 0) is 48.9 Å². The van der Waals surface area contributed by atoms with E-state index in [0.29, 0.717) is 18.1 Å². The van der Waals surface area contributed by atoms with E-state index < -0.39 is 10.0 Å². The average molecular weight is 478 g/mol. The van der Waals surface area contributed by atoms with Crippen LogP contribution >= 0.6 is 0 Å². The molecule has 0 spiro atoms. The second-order valence-electron chi connectivity index (χ2n) is 7.63. The maximum atomic E-state index is 13.3. The Morgan fingerprint density at radius 1 is 1.03 bits per heavy atom. The lowest BCUT2D eigenvalue weighted by molar-refractivity contribution is 0.414. The molecular formula is C25H27N5O3S. The van der Waals surface area contributed by atoms with Crippen LogP contribution in [0.25, 0.3) is 0 Å². The van der Waals surface area contributed by atoms with Gasteiger partial charge in [0.2, 0.25) is 0 Å². The number of nitrogens with zero attached hydrogens (tertiary/aromatic N) is 4.